The SMILES string of the molecule is C.CC(C)(O)C(=O)c1ccccc1.F[P-](F)(F)(F)(F)F.F[P-](F)(F)(F)(F)F.c1ccc([S+](c2ccccc2)c2ccc(Sc3ccc([S+](c4ccccc4)c4ccccc4)cc3)cc2)cc1. The number of ketones is 1. The van der Waals surface area contributed by atoms with Gasteiger partial charge in [-0.3, -0.25) is 4.79 Å². The number of Topliss-reactive ketones (excluding diaryl/α,β-unsaturated/α-hetero) is 1. The van der Waals surface area contributed by atoms with Crippen LogP contribution in [0.4, 0.5) is 50.4 Å². The first kappa shape index (κ1) is 55.6. The summed E-state index contributed by atoms with van der Waals surface area (Å²) in [5.41, 5.74) is -0.730. The molecule has 0 aliphatic rings. The maximum atomic E-state index is 11.4. The number of carbonyl (C=O) groups excluding carboxylic acids is 1. The van der Waals surface area contributed by atoms with Crippen molar-refractivity contribution >= 4 is 55.0 Å². The fourth-order valence-electron chi connectivity index (χ4n) is 5.41. The number of halogens is 12. The van der Waals surface area contributed by atoms with Crippen molar-refractivity contribution in [3.8, 4) is 0 Å². The third-order valence-electron chi connectivity index (χ3n) is 7.86. The Bertz CT molecular complexity index is 2320. The third-order valence-corrected chi connectivity index (χ3v) is 13.3. The second kappa shape index (κ2) is 20.6. The summed E-state index contributed by atoms with van der Waals surface area (Å²) in [7, 11) is -21.6. The van der Waals surface area contributed by atoms with Gasteiger partial charge in [-0.05, 0) is 111 Å². The molecule has 0 fully saturated rings. The zero-order chi connectivity index (χ0) is 48.3. The molecule has 0 amide bonds. The zero-order valence-electron chi connectivity index (χ0n) is 34.1. The first-order valence-electron chi connectivity index (χ1n) is 18.8. The van der Waals surface area contributed by atoms with Crippen LogP contribution in [0.3, 0.4) is 0 Å². The van der Waals surface area contributed by atoms with Gasteiger partial charge < -0.3 is 5.11 Å². The quantitative estimate of drug-likeness (QED) is 0.0642. The normalized spacial score (nSPS) is 13.5. The molecule has 0 aliphatic heterocycles. The number of hydrogen-bond donors (Lipinski definition) is 1. The van der Waals surface area contributed by atoms with Gasteiger partial charge in [0.15, 0.2) is 35.2 Å². The van der Waals surface area contributed by atoms with Crippen LogP contribution in [0.15, 0.2) is 239 Å². The van der Waals surface area contributed by atoms with Crippen molar-refractivity contribution in [2.75, 3.05) is 0 Å². The van der Waals surface area contributed by atoms with Gasteiger partial charge in [0.25, 0.3) is 0 Å². The van der Waals surface area contributed by atoms with E-state index in [2.05, 4.69) is 170 Å². The first-order valence-corrected chi connectivity index (χ1v) is 26.1. The van der Waals surface area contributed by atoms with E-state index >= 15 is 0 Å². The predicted molar refractivity (Wildman–Crippen MR) is 248 cm³/mol. The maximum absolute atomic E-state index is 11.4. The molecule has 356 valence electrons. The molecule has 2 nitrogen and oxygen atoms in total. The van der Waals surface area contributed by atoms with E-state index in [0.29, 0.717) is 5.56 Å². The fraction of sp³-hybridized carbons (Fsp3) is 0.0851. The number of aliphatic hydroxyl groups is 1. The van der Waals surface area contributed by atoms with Crippen LogP contribution in [-0.4, -0.2) is 16.5 Å². The average molecular weight is 1030 g/mol. The Morgan fingerprint density at radius 2 is 0.591 bits per heavy atom. The van der Waals surface area contributed by atoms with Crippen molar-refractivity contribution < 1.29 is 60.3 Å². The Labute approximate surface area is 385 Å². The summed E-state index contributed by atoms with van der Waals surface area (Å²) < 4.78 is 118. The van der Waals surface area contributed by atoms with E-state index < -0.39 is 21.2 Å². The minimum absolute atomic E-state index is 0. The molecule has 7 aromatic carbocycles. The van der Waals surface area contributed by atoms with Crippen molar-refractivity contribution in [3.63, 3.8) is 0 Å². The van der Waals surface area contributed by atoms with Crippen LogP contribution < -0.4 is 0 Å². The molecule has 0 saturated carbocycles. The predicted octanol–water partition coefficient (Wildman–Crippen LogP) is 19.1. The van der Waals surface area contributed by atoms with E-state index in [0.717, 1.165) is 0 Å². The van der Waals surface area contributed by atoms with Crippen molar-refractivity contribution in [3.05, 3.63) is 206 Å². The summed E-state index contributed by atoms with van der Waals surface area (Å²) in [6.45, 7) is 2.98. The maximum Gasteiger partial charge on any atom is 0.166 e. The molecule has 19 heteroatoms. The van der Waals surface area contributed by atoms with Gasteiger partial charge in [-0.2, -0.15) is 0 Å². The Balaban J connectivity index is 0.000000349. The third kappa shape index (κ3) is 23.1. The van der Waals surface area contributed by atoms with Gasteiger partial charge in [-0.15, -0.1) is 0 Å². The van der Waals surface area contributed by atoms with Crippen LogP contribution in [0.1, 0.15) is 31.6 Å². The first-order chi connectivity index (χ1) is 29.8. The summed E-state index contributed by atoms with van der Waals surface area (Å²) >= 11 is 1.82. The summed E-state index contributed by atoms with van der Waals surface area (Å²) in [4.78, 5) is 21.9. The van der Waals surface area contributed by atoms with E-state index in [1.807, 2.05) is 17.8 Å². The molecular weight excluding hydrogens is 983 g/mol. The smallest absolute Gasteiger partial charge is 0.0901 e. The second-order valence-corrected chi connectivity index (χ2v) is 23.1. The molecule has 0 heterocycles. The number of rotatable bonds is 10. The summed E-state index contributed by atoms with van der Waals surface area (Å²) in [6.07, 6.45) is 0. The van der Waals surface area contributed by atoms with Gasteiger partial charge >= 0.3 is 66.0 Å². The standard InChI is InChI=1S/C36H28S3.C10H12O2.CH4.2F6P/c1-5-13-31(14-6-1)38(32-15-7-2-8-16-32)35-25-21-29(22-26-35)37-30-23-27-36(28-24-30)39(33-17-9-3-10-18-33)34-19-11-4-12-20-34;1-10(2,12)9(11)8-6-4-3-5-7-8;;2*1-7(2,3,4,5)6/h1-28H;3-7,12H,1-2H3;1H4;;/q+2;;;2*-1. The van der Waals surface area contributed by atoms with Gasteiger partial charge in [0.1, 0.15) is 5.60 Å². The van der Waals surface area contributed by atoms with Crippen LogP contribution in [0.5, 0.6) is 0 Å². The van der Waals surface area contributed by atoms with Crippen LogP contribution in [0, 0.1) is 0 Å². The molecule has 0 bridgehead atoms. The second-order valence-electron chi connectivity index (χ2n) is 14.1. The molecule has 0 aliphatic carbocycles. The minimum atomic E-state index is -10.7. The van der Waals surface area contributed by atoms with E-state index in [4.69, 9.17) is 0 Å². The molecular formula is C47H44F12O2P2S3. The van der Waals surface area contributed by atoms with Gasteiger partial charge in [0.05, 0.1) is 21.8 Å². The number of carbonyl (C=O) groups is 1. The Morgan fingerprint density at radius 1 is 0.394 bits per heavy atom. The van der Waals surface area contributed by atoms with Gasteiger partial charge in [0, 0.05) is 15.4 Å². The topological polar surface area (TPSA) is 37.3 Å². The Morgan fingerprint density at radius 3 is 0.803 bits per heavy atom. The van der Waals surface area contributed by atoms with Crippen LogP contribution in [-0.2, 0) is 21.8 Å². The zero-order valence-corrected chi connectivity index (χ0v) is 38.3. The van der Waals surface area contributed by atoms with Gasteiger partial charge in [-0.25, -0.2) is 0 Å². The molecule has 0 radical (unpaired) electrons. The van der Waals surface area contributed by atoms with E-state index in [9.17, 15) is 60.3 Å². The largest absolute Gasteiger partial charge is 0.166 e. The molecule has 0 unspecified atom stereocenters. The van der Waals surface area contributed by atoms with Crippen LogP contribution >= 0.6 is 27.4 Å². The molecule has 0 aromatic heterocycles. The summed E-state index contributed by atoms with van der Waals surface area (Å²) in [5.74, 6) is -0.247. The average Bonchev–Trinajstić information content (AvgIpc) is 3.22. The van der Waals surface area contributed by atoms with E-state index in [-0.39, 0.29) is 35.0 Å². The van der Waals surface area contributed by atoms with Crippen molar-refractivity contribution in [2.45, 2.75) is 66.0 Å². The van der Waals surface area contributed by atoms with Crippen molar-refractivity contribution in [2.24, 2.45) is 0 Å². The fourth-order valence-corrected chi connectivity index (χ4v) is 10.4. The number of hydrogen-bond acceptors (Lipinski definition) is 3. The molecule has 0 spiro atoms. The molecule has 0 saturated heterocycles. The molecule has 7 aromatic rings. The van der Waals surface area contributed by atoms with Gasteiger partial charge in [0.2, 0.25) is 0 Å². The summed E-state index contributed by atoms with van der Waals surface area (Å²) in [5, 5.41) is 9.39. The van der Waals surface area contributed by atoms with Gasteiger partial charge in [-0.1, -0.05) is 122 Å². The van der Waals surface area contributed by atoms with Crippen LogP contribution in [0.25, 0.3) is 0 Å². The molecule has 0 atom stereocenters. The molecule has 1 N–H and O–H groups in total. The minimum Gasteiger partial charge on any atom is -0.0901 e. The Kier molecular flexibility index (Phi) is 17.4. The Hall–Kier alpha value is -4.76. The van der Waals surface area contributed by atoms with Crippen molar-refractivity contribution in [1.29, 1.82) is 0 Å². The number of benzene rings is 7. The van der Waals surface area contributed by atoms with Crippen LogP contribution in [0.2, 0.25) is 0 Å². The monoisotopic (exact) mass is 1030 g/mol. The van der Waals surface area contributed by atoms with E-state index in [1.165, 1.54) is 53.0 Å². The molecule has 7 rings (SSSR count). The van der Waals surface area contributed by atoms with Crippen molar-refractivity contribution in [1.82, 2.24) is 0 Å². The van der Waals surface area contributed by atoms with E-state index in [1.54, 1.807) is 24.3 Å². The summed E-state index contributed by atoms with van der Waals surface area (Å²) in [6, 6.07) is 70.3. The molecule has 66 heavy (non-hydrogen) atoms.